The van der Waals surface area contributed by atoms with Gasteiger partial charge in [-0.15, -0.1) is 12.4 Å². The minimum atomic E-state index is -3.25. The van der Waals surface area contributed by atoms with Gasteiger partial charge < -0.3 is 11.1 Å². The number of benzene rings is 1. The number of halogens is 1. The van der Waals surface area contributed by atoms with E-state index >= 15 is 0 Å². The highest BCUT2D eigenvalue weighted by Crippen LogP contribution is 2.17. The van der Waals surface area contributed by atoms with Gasteiger partial charge in [0.1, 0.15) is 0 Å². The highest BCUT2D eigenvalue weighted by molar-refractivity contribution is 7.91. The molecule has 1 aromatic carbocycles. The molecule has 1 rings (SSSR count). The average Bonchev–Trinajstić information content (AvgIpc) is 2.46. The van der Waals surface area contributed by atoms with E-state index in [4.69, 9.17) is 5.73 Å². The molecule has 1 unspecified atom stereocenters. The topological polar surface area (TPSA) is 89.3 Å². The Balaban J connectivity index is 0.00000441. The molecule has 0 saturated heterocycles. The highest BCUT2D eigenvalue weighted by Gasteiger charge is 2.28. The molecular formula is C15H25ClN2O3S. The second-order valence-electron chi connectivity index (χ2n) is 5.66. The van der Waals surface area contributed by atoms with E-state index in [1.807, 2.05) is 20.8 Å². The predicted molar refractivity (Wildman–Crippen MR) is 91.2 cm³/mol. The Bertz CT molecular complexity index is 600. The van der Waals surface area contributed by atoms with Crippen LogP contribution in [0, 0.1) is 5.92 Å². The number of nitrogens with one attached hydrogen (secondary N) is 1. The first kappa shape index (κ1) is 20.9. The summed E-state index contributed by atoms with van der Waals surface area (Å²) in [6, 6.07) is 5.97. The fourth-order valence-corrected chi connectivity index (χ4v) is 2.63. The maximum atomic E-state index is 12.2. The zero-order valence-electron chi connectivity index (χ0n) is 13.4. The Kier molecular flexibility index (Phi) is 7.54. The summed E-state index contributed by atoms with van der Waals surface area (Å²) in [5, 5.41) is 2.92. The van der Waals surface area contributed by atoms with E-state index in [2.05, 4.69) is 5.32 Å². The Morgan fingerprint density at radius 1 is 1.27 bits per heavy atom. The van der Waals surface area contributed by atoms with Crippen molar-refractivity contribution in [3.05, 3.63) is 29.8 Å². The fraction of sp³-hybridized carbons (Fsp3) is 0.533. The molecule has 126 valence electrons. The van der Waals surface area contributed by atoms with Crippen molar-refractivity contribution in [2.24, 2.45) is 11.7 Å². The van der Waals surface area contributed by atoms with Gasteiger partial charge in [0, 0.05) is 12.1 Å². The minimum absolute atomic E-state index is 0. The van der Waals surface area contributed by atoms with Gasteiger partial charge in [0.25, 0.3) is 5.91 Å². The third kappa shape index (κ3) is 4.69. The van der Waals surface area contributed by atoms with Crippen LogP contribution in [-0.2, 0) is 9.84 Å². The van der Waals surface area contributed by atoms with Crippen molar-refractivity contribution in [3.8, 4) is 0 Å². The van der Waals surface area contributed by atoms with Crippen LogP contribution < -0.4 is 11.1 Å². The van der Waals surface area contributed by atoms with E-state index in [0.29, 0.717) is 12.1 Å². The molecule has 0 aliphatic rings. The molecule has 1 atom stereocenters. The van der Waals surface area contributed by atoms with E-state index < -0.39 is 15.4 Å². The molecular weight excluding hydrogens is 324 g/mol. The molecule has 0 bridgehead atoms. The third-order valence-electron chi connectivity index (χ3n) is 3.95. The third-order valence-corrected chi connectivity index (χ3v) is 5.70. The molecule has 0 saturated carbocycles. The molecule has 0 aliphatic heterocycles. The van der Waals surface area contributed by atoms with E-state index in [1.54, 1.807) is 6.92 Å². The van der Waals surface area contributed by atoms with Crippen LogP contribution in [0.25, 0.3) is 0 Å². The summed E-state index contributed by atoms with van der Waals surface area (Å²) in [6.45, 7) is 7.80. The molecule has 0 aromatic heterocycles. The molecule has 5 nitrogen and oxygen atoms in total. The number of hydrogen-bond donors (Lipinski definition) is 2. The Labute approximate surface area is 139 Å². The van der Waals surface area contributed by atoms with Crippen LogP contribution in [0.2, 0.25) is 0 Å². The van der Waals surface area contributed by atoms with Gasteiger partial charge in [-0.1, -0.05) is 20.8 Å². The Morgan fingerprint density at radius 2 is 1.77 bits per heavy atom. The second kappa shape index (κ2) is 7.94. The molecule has 0 aliphatic carbocycles. The van der Waals surface area contributed by atoms with E-state index in [0.717, 1.165) is 0 Å². The highest BCUT2D eigenvalue weighted by atomic mass is 35.5. The normalized spacial score (nSPS) is 14.1. The monoisotopic (exact) mass is 348 g/mol. The smallest absolute Gasteiger partial charge is 0.251 e. The van der Waals surface area contributed by atoms with Crippen molar-refractivity contribution in [2.45, 2.75) is 38.1 Å². The zero-order chi connectivity index (χ0) is 16.3. The summed E-state index contributed by atoms with van der Waals surface area (Å²) >= 11 is 0. The molecule has 1 aromatic rings. The molecule has 22 heavy (non-hydrogen) atoms. The SMILES string of the molecule is CCS(=O)(=O)c1ccc(C(=O)NC(C)(CN)C(C)C)cc1.Cl. The lowest BCUT2D eigenvalue weighted by Gasteiger charge is -2.33. The number of carbonyl (C=O) groups is 1. The minimum Gasteiger partial charge on any atom is -0.345 e. The lowest BCUT2D eigenvalue weighted by molar-refractivity contribution is 0.0883. The lowest BCUT2D eigenvalue weighted by atomic mass is 9.88. The summed E-state index contributed by atoms with van der Waals surface area (Å²) in [5.41, 5.74) is 5.67. The first-order valence-corrected chi connectivity index (χ1v) is 8.67. The van der Waals surface area contributed by atoms with Crippen LogP contribution in [0.5, 0.6) is 0 Å². The van der Waals surface area contributed by atoms with Crippen LogP contribution >= 0.6 is 12.4 Å². The molecule has 7 heteroatoms. The van der Waals surface area contributed by atoms with Crippen LogP contribution in [0.1, 0.15) is 38.1 Å². The number of hydrogen-bond acceptors (Lipinski definition) is 4. The number of rotatable bonds is 6. The van der Waals surface area contributed by atoms with Crippen LogP contribution in [0.15, 0.2) is 29.2 Å². The largest absolute Gasteiger partial charge is 0.345 e. The van der Waals surface area contributed by atoms with Crippen molar-refractivity contribution in [2.75, 3.05) is 12.3 Å². The maximum absolute atomic E-state index is 12.2. The summed E-state index contributed by atoms with van der Waals surface area (Å²) in [5.74, 6) is -0.0276. The van der Waals surface area contributed by atoms with Gasteiger partial charge in [-0.2, -0.15) is 0 Å². The Morgan fingerprint density at radius 3 is 2.14 bits per heavy atom. The van der Waals surface area contributed by atoms with Crippen molar-refractivity contribution < 1.29 is 13.2 Å². The zero-order valence-corrected chi connectivity index (χ0v) is 15.1. The van der Waals surface area contributed by atoms with Crippen molar-refractivity contribution in [1.82, 2.24) is 5.32 Å². The van der Waals surface area contributed by atoms with Crippen molar-refractivity contribution in [1.29, 1.82) is 0 Å². The van der Waals surface area contributed by atoms with Gasteiger partial charge >= 0.3 is 0 Å². The quantitative estimate of drug-likeness (QED) is 0.822. The van der Waals surface area contributed by atoms with Crippen molar-refractivity contribution in [3.63, 3.8) is 0 Å². The molecule has 0 heterocycles. The van der Waals surface area contributed by atoms with Crippen LogP contribution in [0.4, 0.5) is 0 Å². The van der Waals surface area contributed by atoms with Crippen molar-refractivity contribution >= 4 is 28.2 Å². The van der Waals surface area contributed by atoms with Crippen LogP contribution in [-0.4, -0.2) is 32.2 Å². The second-order valence-corrected chi connectivity index (χ2v) is 7.94. The molecule has 0 fully saturated rings. The lowest BCUT2D eigenvalue weighted by Crippen LogP contribution is -2.55. The van der Waals surface area contributed by atoms with Gasteiger partial charge in [0.15, 0.2) is 9.84 Å². The van der Waals surface area contributed by atoms with Gasteiger partial charge in [-0.05, 0) is 37.1 Å². The van der Waals surface area contributed by atoms with Gasteiger partial charge in [0.2, 0.25) is 0 Å². The van der Waals surface area contributed by atoms with E-state index in [-0.39, 0.29) is 34.9 Å². The maximum Gasteiger partial charge on any atom is 0.251 e. The average molecular weight is 349 g/mol. The first-order chi connectivity index (χ1) is 9.66. The van der Waals surface area contributed by atoms with E-state index in [9.17, 15) is 13.2 Å². The Hall–Kier alpha value is -1.11. The number of sulfone groups is 1. The summed E-state index contributed by atoms with van der Waals surface area (Å²) in [6.07, 6.45) is 0. The summed E-state index contributed by atoms with van der Waals surface area (Å²) in [7, 11) is -3.25. The van der Waals surface area contributed by atoms with Gasteiger partial charge in [0.05, 0.1) is 16.2 Å². The summed E-state index contributed by atoms with van der Waals surface area (Å²) in [4.78, 5) is 12.5. The van der Waals surface area contributed by atoms with Crippen LogP contribution in [0.3, 0.4) is 0 Å². The standard InChI is InChI=1S/C15H24N2O3S.ClH/c1-5-21(19,20)13-8-6-12(7-9-13)14(18)17-15(4,10-16)11(2)3;/h6-9,11H,5,10,16H2,1-4H3,(H,17,18);1H. The molecule has 1 amide bonds. The van der Waals surface area contributed by atoms with Gasteiger partial charge in [-0.3, -0.25) is 4.79 Å². The number of carbonyl (C=O) groups excluding carboxylic acids is 1. The number of nitrogens with two attached hydrogens (primary N) is 1. The fourth-order valence-electron chi connectivity index (χ4n) is 1.74. The summed E-state index contributed by atoms with van der Waals surface area (Å²) < 4.78 is 23.5. The van der Waals surface area contributed by atoms with Gasteiger partial charge in [-0.25, -0.2) is 8.42 Å². The number of amides is 1. The predicted octanol–water partition coefficient (Wildman–Crippen LogP) is 2.01. The molecule has 0 radical (unpaired) electrons. The molecule has 3 N–H and O–H groups in total. The molecule has 0 spiro atoms. The first-order valence-electron chi connectivity index (χ1n) is 7.01. The van der Waals surface area contributed by atoms with E-state index in [1.165, 1.54) is 24.3 Å².